The fraction of sp³-hybridized carbons (Fsp3) is 1.00. The number of nitrogens with zero attached hydrogens (tertiary/aromatic N) is 2. The Labute approximate surface area is 426 Å². The fourth-order valence-electron chi connectivity index (χ4n) is 19.6. The van der Waals surface area contributed by atoms with Gasteiger partial charge < -0.3 is 0 Å². The van der Waals surface area contributed by atoms with Crippen LogP contribution in [0.15, 0.2) is 0 Å². The molecule has 0 amide bonds. The normalized spacial score (nSPS) is 40.9. The highest BCUT2D eigenvalue weighted by molar-refractivity contribution is 5.12. The summed E-state index contributed by atoms with van der Waals surface area (Å²) in [5.41, 5.74) is 0. The highest BCUT2D eigenvalue weighted by Crippen LogP contribution is 2.65. The van der Waals surface area contributed by atoms with Crippen LogP contribution in [-0.2, 0) is 0 Å². The van der Waals surface area contributed by atoms with Gasteiger partial charge in [0.25, 0.3) is 0 Å². The van der Waals surface area contributed by atoms with Gasteiger partial charge in [-0.05, 0) is 212 Å². The average molecular weight is 942 g/mol. The van der Waals surface area contributed by atoms with E-state index in [9.17, 15) is 0 Å². The van der Waals surface area contributed by atoms with Crippen LogP contribution < -0.4 is 0 Å². The zero-order chi connectivity index (χ0) is 47.2. The van der Waals surface area contributed by atoms with Gasteiger partial charge in [-0.1, -0.05) is 170 Å². The second kappa shape index (κ2) is 28.0. The van der Waals surface area contributed by atoms with Crippen LogP contribution in [0.2, 0.25) is 0 Å². The Bertz CT molecular complexity index is 1240. The summed E-state index contributed by atoms with van der Waals surface area (Å²) in [4.78, 5) is 7.01. The molecule has 8 aliphatic rings. The largest absolute Gasteiger partial charge is 0.294 e. The molecule has 8 saturated carbocycles. The minimum atomic E-state index is 0.883. The molecule has 8 rings (SSSR count). The summed E-state index contributed by atoms with van der Waals surface area (Å²) in [6, 6.07) is 5.32. The molecule has 0 aromatic carbocycles. The van der Waals surface area contributed by atoms with E-state index in [1.807, 2.05) is 0 Å². The molecular weight excluding hydrogens is 821 g/mol. The molecule has 0 heterocycles. The Morgan fingerprint density at radius 3 is 0.956 bits per heavy atom. The van der Waals surface area contributed by atoms with Crippen molar-refractivity contribution in [1.82, 2.24) is 9.80 Å². The van der Waals surface area contributed by atoms with Crippen LogP contribution in [0.5, 0.6) is 0 Å². The third-order valence-electron chi connectivity index (χ3n) is 23.2. The lowest BCUT2D eigenvalue weighted by Gasteiger charge is -2.67. The van der Waals surface area contributed by atoms with Crippen LogP contribution in [0.1, 0.15) is 311 Å². The minimum Gasteiger partial charge on any atom is -0.294 e. The Morgan fingerprint density at radius 1 is 0.294 bits per heavy atom. The van der Waals surface area contributed by atoms with E-state index >= 15 is 0 Å². The molecule has 0 aliphatic heterocycles. The smallest absolute Gasteiger partial charge is 0.0135 e. The molecule has 0 saturated heterocycles. The molecule has 10 unspecified atom stereocenters. The maximum Gasteiger partial charge on any atom is 0.0135 e. The van der Waals surface area contributed by atoms with Crippen molar-refractivity contribution in [3.8, 4) is 0 Å². The maximum absolute atomic E-state index is 3.50. The van der Waals surface area contributed by atoms with E-state index in [0.29, 0.717) is 0 Å². The number of hydrogen-bond acceptors (Lipinski definition) is 2. The van der Waals surface area contributed by atoms with E-state index in [2.05, 4.69) is 51.3 Å². The average Bonchev–Trinajstić information content (AvgIpc) is 3.37. The van der Waals surface area contributed by atoms with Gasteiger partial charge in [0.05, 0.1) is 0 Å². The van der Waals surface area contributed by atoms with Crippen LogP contribution in [0, 0.1) is 71.0 Å². The lowest BCUT2D eigenvalue weighted by Crippen LogP contribution is -2.66. The first kappa shape index (κ1) is 54.2. The topological polar surface area (TPSA) is 6.48 Å². The summed E-state index contributed by atoms with van der Waals surface area (Å²) in [7, 11) is 0. The number of hydrogen-bond donors (Lipinski definition) is 0. The molecule has 0 N–H and O–H groups in total. The highest BCUT2D eigenvalue weighted by atomic mass is 15.2. The SMILES string of the molecule is CCCCCCCCC1CCC(N(C2CCC(C)CC2)C2CC(CCCC)C3CCC4C5C(CCC2C35)C(CCCC)CC4N(C2CCC(C)CC2)C2CCC(CCCCCCCC)CC2)CC1. The Kier molecular flexibility index (Phi) is 22.3. The van der Waals surface area contributed by atoms with Gasteiger partial charge in [-0.2, -0.15) is 0 Å². The molecule has 68 heavy (non-hydrogen) atoms. The molecule has 2 nitrogen and oxygen atoms in total. The first-order valence-corrected chi connectivity index (χ1v) is 33.0. The first-order chi connectivity index (χ1) is 33.4. The van der Waals surface area contributed by atoms with E-state index in [0.717, 1.165) is 107 Å². The van der Waals surface area contributed by atoms with E-state index in [1.165, 1.54) is 193 Å². The highest BCUT2D eigenvalue weighted by Gasteiger charge is 2.61. The van der Waals surface area contributed by atoms with Crippen LogP contribution in [0.25, 0.3) is 0 Å². The third-order valence-corrected chi connectivity index (χ3v) is 23.2. The van der Waals surface area contributed by atoms with E-state index in [-0.39, 0.29) is 0 Å². The van der Waals surface area contributed by atoms with Crippen LogP contribution in [0.3, 0.4) is 0 Å². The molecule has 0 radical (unpaired) electrons. The van der Waals surface area contributed by atoms with Crippen molar-refractivity contribution in [2.75, 3.05) is 0 Å². The third kappa shape index (κ3) is 13.8. The zero-order valence-electron chi connectivity index (χ0n) is 47.0. The van der Waals surface area contributed by atoms with Gasteiger partial charge in [0.15, 0.2) is 0 Å². The van der Waals surface area contributed by atoms with E-state index in [4.69, 9.17) is 0 Å². The van der Waals surface area contributed by atoms with Gasteiger partial charge in [0.2, 0.25) is 0 Å². The van der Waals surface area contributed by atoms with Crippen molar-refractivity contribution in [2.45, 2.75) is 347 Å². The summed E-state index contributed by atoms with van der Waals surface area (Å²) in [6.07, 6.45) is 63.6. The summed E-state index contributed by atoms with van der Waals surface area (Å²) in [6.45, 7) is 15.0. The zero-order valence-corrected chi connectivity index (χ0v) is 47.0. The summed E-state index contributed by atoms with van der Waals surface area (Å²) in [5, 5.41) is 0. The second-order valence-corrected chi connectivity index (χ2v) is 27.6. The van der Waals surface area contributed by atoms with Crippen molar-refractivity contribution in [2.24, 2.45) is 71.0 Å². The van der Waals surface area contributed by atoms with Crippen LogP contribution in [0.4, 0.5) is 0 Å². The van der Waals surface area contributed by atoms with Crippen molar-refractivity contribution in [3.05, 3.63) is 0 Å². The lowest BCUT2D eigenvalue weighted by molar-refractivity contribution is -0.178. The van der Waals surface area contributed by atoms with Crippen molar-refractivity contribution >= 4 is 0 Å². The number of unbranched alkanes of at least 4 members (excludes halogenated alkanes) is 12. The standard InChI is InChI=1S/C66H120N2/c1-7-11-15-17-19-21-23-51-31-39-57(40-32-51)67(55-35-27-49(5)28-36-55)63-47-53(25-13-9-3)59-44-46-62-64(48-54(26-14-10-4)60-43-45-61(63)65(59)66(60)62)68(56-37-29-50(6)30-38-56)58-41-33-52(34-42-58)24-22-20-18-16-12-8-2/h49-66H,7-48H2,1-6H3. The van der Waals surface area contributed by atoms with Crippen molar-refractivity contribution in [3.63, 3.8) is 0 Å². The quantitative estimate of drug-likeness (QED) is 0.0798. The van der Waals surface area contributed by atoms with Crippen molar-refractivity contribution < 1.29 is 0 Å². The first-order valence-electron chi connectivity index (χ1n) is 33.0. The maximum atomic E-state index is 3.50. The summed E-state index contributed by atoms with van der Waals surface area (Å²) < 4.78 is 0. The van der Waals surface area contributed by atoms with Gasteiger partial charge in [-0.15, -0.1) is 0 Å². The predicted molar refractivity (Wildman–Crippen MR) is 296 cm³/mol. The van der Waals surface area contributed by atoms with E-state index < -0.39 is 0 Å². The van der Waals surface area contributed by atoms with Crippen molar-refractivity contribution in [1.29, 1.82) is 0 Å². The van der Waals surface area contributed by atoms with Gasteiger partial charge in [0, 0.05) is 36.3 Å². The summed E-state index contributed by atoms with van der Waals surface area (Å²) in [5.74, 6) is 12.1. The van der Waals surface area contributed by atoms with Gasteiger partial charge in [-0.25, -0.2) is 0 Å². The molecule has 10 atom stereocenters. The molecule has 0 bridgehead atoms. The van der Waals surface area contributed by atoms with Crippen LogP contribution in [-0.4, -0.2) is 46.1 Å². The molecule has 2 heteroatoms. The molecule has 8 aliphatic carbocycles. The molecule has 0 aromatic rings. The Morgan fingerprint density at radius 2 is 0.603 bits per heavy atom. The molecular formula is C66H120N2. The Hall–Kier alpha value is -0.0800. The predicted octanol–water partition coefficient (Wildman–Crippen LogP) is 19.8. The fourth-order valence-corrected chi connectivity index (χ4v) is 19.6. The van der Waals surface area contributed by atoms with Gasteiger partial charge in [0.1, 0.15) is 0 Å². The number of rotatable bonds is 26. The monoisotopic (exact) mass is 941 g/mol. The lowest BCUT2D eigenvalue weighted by atomic mass is 9.42. The summed E-state index contributed by atoms with van der Waals surface area (Å²) >= 11 is 0. The molecule has 394 valence electrons. The van der Waals surface area contributed by atoms with Gasteiger partial charge >= 0.3 is 0 Å². The van der Waals surface area contributed by atoms with Gasteiger partial charge in [-0.3, -0.25) is 9.80 Å². The Balaban J connectivity index is 1.05. The molecule has 0 spiro atoms. The van der Waals surface area contributed by atoms with Crippen LogP contribution >= 0.6 is 0 Å². The second-order valence-electron chi connectivity index (χ2n) is 27.6. The minimum absolute atomic E-state index is 0.883. The molecule has 0 aromatic heterocycles. The van der Waals surface area contributed by atoms with E-state index in [1.54, 1.807) is 77.0 Å². The molecule has 8 fully saturated rings.